The van der Waals surface area contributed by atoms with Crippen molar-refractivity contribution in [3.63, 3.8) is 0 Å². The summed E-state index contributed by atoms with van der Waals surface area (Å²) in [6.07, 6.45) is 14.5. The van der Waals surface area contributed by atoms with Crippen LogP contribution in [0.4, 0.5) is 0 Å². The predicted molar refractivity (Wildman–Crippen MR) is 110 cm³/mol. The van der Waals surface area contributed by atoms with Crippen molar-refractivity contribution in [1.82, 2.24) is 0 Å². The molecule has 1 saturated carbocycles. The van der Waals surface area contributed by atoms with Gasteiger partial charge in [-0.25, -0.2) is 0 Å². The Morgan fingerprint density at radius 2 is 1.67 bits per heavy atom. The van der Waals surface area contributed by atoms with Gasteiger partial charge in [0.25, 0.3) is 0 Å². The van der Waals surface area contributed by atoms with Crippen LogP contribution in [0, 0.1) is 29.1 Å². The Morgan fingerprint density at radius 3 is 2.21 bits per heavy atom. The fourth-order valence-electron chi connectivity index (χ4n) is 4.67. The van der Waals surface area contributed by atoms with Crippen LogP contribution in [0.25, 0.3) is 0 Å². The average molecular weight is 333 g/mol. The maximum Gasteiger partial charge on any atom is -0.0226 e. The van der Waals surface area contributed by atoms with Gasteiger partial charge >= 0.3 is 0 Å². The van der Waals surface area contributed by atoms with Crippen LogP contribution in [0.5, 0.6) is 0 Å². The summed E-state index contributed by atoms with van der Waals surface area (Å²) >= 11 is 0. The highest BCUT2D eigenvalue weighted by Crippen LogP contribution is 2.47. The molecule has 0 radical (unpaired) electrons. The van der Waals surface area contributed by atoms with Gasteiger partial charge in [-0.2, -0.15) is 0 Å². The van der Waals surface area contributed by atoms with E-state index in [0.717, 1.165) is 23.7 Å². The Hall–Kier alpha value is -0.520. The Kier molecular flexibility index (Phi) is 8.82. The minimum absolute atomic E-state index is 0.495. The van der Waals surface area contributed by atoms with E-state index >= 15 is 0 Å². The van der Waals surface area contributed by atoms with Gasteiger partial charge in [0.2, 0.25) is 0 Å². The first-order chi connectivity index (χ1) is 11.3. The van der Waals surface area contributed by atoms with E-state index in [-0.39, 0.29) is 0 Å². The lowest BCUT2D eigenvalue weighted by Crippen LogP contribution is -2.34. The van der Waals surface area contributed by atoms with Gasteiger partial charge in [0, 0.05) is 0 Å². The zero-order chi connectivity index (χ0) is 18.3. The number of allylic oxidation sites excluding steroid dienone is 4. The summed E-state index contributed by atoms with van der Waals surface area (Å²) in [7, 11) is 0. The van der Waals surface area contributed by atoms with E-state index in [4.69, 9.17) is 0 Å². The van der Waals surface area contributed by atoms with Crippen molar-refractivity contribution in [3.8, 4) is 0 Å². The summed E-state index contributed by atoms with van der Waals surface area (Å²) < 4.78 is 0. The molecule has 0 aromatic carbocycles. The van der Waals surface area contributed by atoms with Gasteiger partial charge in [-0.15, -0.1) is 0 Å². The molecule has 0 aromatic heterocycles. The summed E-state index contributed by atoms with van der Waals surface area (Å²) in [5, 5.41) is 0. The van der Waals surface area contributed by atoms with E-state index < -0.39 is 0 Å². The number of rotatable bonds is 5. The molecule has 0 heteroatoms. The van der Waals surface area contributed by atoms with Gasteiger partial charge in [-0.05, 0) is 68.1 Å². The van der Waals surface area contributed by atoms with Crippen LogP contribution >= 0.6 is 0 Å². The van der Waals surface area contributed by atoms with Crippen molar-refractivity contribution in [2.24, 2.45) is 29.1 Å². The third-order valence-corrected chi connectivity index (χ3v) is 6.99. The molecule has 0 aromatic rings. The van der Waals surface area contributed by atoms with Gasteiger partial charge in [0.05, 0.1) is 0 Å². The number of hydrogen-bond donors (Lipinski definition) is 0. The third kappa shape index (κ3) is 5.78. The second-order valence-corrected chi connectivity index (χ2v) is 9.02. The highest BCUT2D eigenvalue weighted by atomic mass is 14.4. The lowest BCUT2D eigenvalue weighted by Gasteiger charge is -2.44. The molecule has 0 amide bonds. The van der Waals surface area contributed by atoms with Gasteiger partial charge < -0.3 is 0 Å². The SMILES string of the molecule is CC.CC1=CCCC(C(C)CC(C)C(C)(C)C2CCC(C)CC2)=C1. The van der Waals surface area contributed by atoms with E-state index in [0.29, 0.717) is 5.41 Å². The highest BCUT2D eigenvalue weighted by Gasteiger charge is 2.37. The molecule has 0 bridgehead atoms. The molecule has 0 saturated heterocycles. The summed E-state index contributed by atoms with van der Waals surface area (Å²) in [4.78, 5) is 0. The van der Waals surface area contributed by atoms with Crippen molar-refractivity contribution < 1.29 is 0 Å². The molecule has 2 aliphatic carbocycles. The van der Waals surface area contributed by atoms with Crippen LogP contribution in [0.15, 0.2) is 23.3 Å². The monoisotopic (exact) mass is 332 g/mol. The topological polar surface area (TPSA) is 0 Å². The summed E-state index contributed by atoms with van der Waals surface area (Å²) in [5.41, 5.74) is 3.66. The predicted octanol–water partition coefficient (Wildman–Crippen LogP) is 8.19. The van der Waals surface area contributed by atoms with Gasteiger partial charge in [0.1, 0.15) is 0 Å². The molecule has 0 heterocycles. The van der Waals surface area contributed by atoms with E-state index in [2.05, 4.69) is 53.7 Å². The van der Waals surface area contributed by atoms with E-state index in [1.54, 1.807) is 5.57 Å². The maximum atomic E-state index is 2.55. The molecule has 2 rings (SSSR count). The number of hydrogen-bond acceptors (Lipinski definition) is 0. The van der Waals surface area contributed by atoms with Crippen LogP contribution in [0.2, 0.25) is 0 Å². The molecule has 140 valence electrons. The first kappa shape index (κ1) is 21.5. The highest BCUT2D eigenvalue weighted by molar-refractivity contribution is 5.27. The van der Waals surface area contributed by atoms with Crippen molar-refractivity contribution in [2.45, 2.75) is 100 Å². The minimum Gasteiger partial charge on any atom is -0.0813 e. The standard InChI is InChI=1S/C22H38.C2H6/c1-16-10-12-21(13-11-16)22(5,6)19(4)15-18(3)20-9-7-8-17(2)14-20;1-2/h8,14,16,18-19,21H,7,9-13,15H2,1-6H3;1-2H3. The summed E-state index contributed by atoms with van der Waals surface area (Å²) in [6.45, 7) is 18.8. The van der Waals surface area contributed by atoms with Crippen LogP contribution in [-0.4, -0.2) is 0 Å². The van der Waals surface area contributed by atoms with E-state index in [1.165, 1.54) is 50.5 Å². The first-order valence-corrected chi connectivity index (χ1v) is 10.7. The molecule has 2 aliphatic rings. The average Bonchev–Trinajstić information content (AvgIpc) is 2.57. The van der Waals surface area contributed by atoms with Gasteiger partial charge in [0.15, 0.2) is 0 Å². The molecule has 2 unspecified atom stereocenters. The fraction of sp³-hybridized carbons (Fsp3) is 0.833. The van der Waals surface area contributed by atoms with Crippen LogP contribution in [0.1, 0.15) is 100 Å². The lowest BCUT2D eigenvalue weighted by atomic mass is 9.62. The molecule has 0 aliphatic heterocycles. The van der Waals surface area contributed by atoms with Crippen molar-refractivity contribution in [3.05, 3.63) is 23.3 Å². The Balaban J connectivity index is 0.00000139. The Labute approximate surface area is 153 Å². The largest absolute Gasteiger partial charge is 0.0813 e. The first-order valence-electron chi connectivity index (χ1n) is 10.7. The third-order valence-electron chi connectivity index (χ3n) is 6.99. The molecule has 0 N–H and O–H groups in total. The van der Waals surface area contributed by atoms with Crippen LogP contribution in [-0.2, 0) is 0 Å². The van der Waals surface area contributed by atoms with Crippen LogP contribution < -0.4 is 0 Å². The second kappa shape index (κ2) is 9.83. The quantitative estimate of drug-likeness (QED) is 0.476. The van der Waals surface area contributed by atoms with Gasteiger partial charge in [-0.1, -0.05) is 84.6 Å². The van der Waals surface area contributed by atoms with Crippen molar-refractivity contribution in [2.75, 3.05) is 0 Å². The molecular weight excluding hydrogens is 288 g/mol. The lowest BCUT2D eigenvalue weighted by molar-refractivity contribution is 0.0697. The van der Waals surface area contributed by atoms with Gasteiger partial charge in [-0.3, -0.25) is 0 Å². The van der Waals surface area contributed by atoms with Crippen molar-refractivity contribution in [1.29, 1.82) is 0 Å². The normalized spacial score (nSPS) is 27.3. The molecular formula is C24H44. The minimum atomic E-state index is 0.495. The van der Waals surface area contributed by atoms with E-state index in [1.807, 2.05) is 13.8 Å². The smallest absolute Gasteiger partial charge is 0.0226 e. The maximum absolute atomic E-state index is 2.55. The Morgan fingerprint density at radius 1 is 1.08 bits per heavy atom. The fourth-order valence-corrected chi connectivity index (χ4v) is 4.67. The van der Waals surface area contributed by atoms with Crippen molar-refractivity contribution >= 4 is 0 Å². The molecule has 1 fully saturated rings. The molecule has 0 spiro atoms. The van der Waals surface area contributed by atoms with E-state index in [9.17, 15) is 0 Å². The molecule has 2 atom stereocenters. The summed E-state index contributed by atoms with van der Waals surface area (Å²) in [5.74, 6) is 3.46. The second-order valence-electron chi connectivity index (χ2n) is 9.02. The zero-order valence-electron chi connectivity index (χ0n) is 17.9. The summed E-state index contributed by atoms with van der Waals surface area (Å²) in [6, 6.07) is 0. The molecule has 24 heavy (non-hydrogen) atoms. The zero-order valence-corrected chi connectivity index (χ0v) is 17.9. The van der Waals surface area contributed by atoms with Crippen LogP contribution in [0.3, 0.4) is 0 Å². The Bertz CT molecular complexity index is 415. The molecule has 0 nitrogen and oxygen atoms in total.